The Hall–Kier alpha value is -2.94. The van der Waals surface area contributed by atoms with E-state index < -0.39 is 36.0 Å². The highest BCUT2D eigenvalue weighted by molar-refractivity contribution is 5.94. The van der Waals surface area contributed by atoms with Crippen LogP contribution in [-0.4, -0.2) is 48.5 Å². The summed E-state index contributed by atoms with van der Waals surface area (Å²) in [5.74, 6) is -2.10. The topological polar surface area (TPSA) is 137 Å². The molecule has 2 amide bonds. The van der Waals surface area contributed by atoms with Crippen molar-refractivity contribution in [3.05, 3.63) is 35.9 Å². The summed E-state index contributed by atoms with van der Waals surface area (Å²) in [6, 6.07) is 7.55. The van der Waals surface area contributed by atoms with Crippen molar-refractivity contribution in [2.75, 3.05) is 6.54 Å². The van der Waals surface area contributed by atoms with Crippen molar-refractivity contribution in [2.24, 2.45) is 17.6 Å². The first-order valence-corrected chi connectivity index (χ1v) is 11.0. The molecule has 0 saturated carbocycles. The van der Waals surface area contributed by atoms with Crippen LogP contribution in [0.2, 0.25) is 0 Å². The van der Waals surface area contributed by atoms with Crippen molar-refractivity contribution in [3.63, 3.8) is 0 Å². The van der Waals surface area contributed by atoms with Gasteiger partial charge in [0.05, 0.1) is 6.04 Å². The number of cyclic esters (lactones) is 1. The van der Waals surface area contributed by atoms with E-state index in [4.69, 9.17) is 15.2 Å². The number of benzene rings is 1. The highest BCUT2D eigenvalue weighted by Crippen LogP contribution is 2.31. The number of nitrogens with one attached hydrogen (secondary N) is 2. The first-order valence-electron chi connectivity index (χ1n) is 11.0. The largest absolute Gasteiger partial charge is 0.459 e. The van der Waals surface area contributed by atoms with Crippen LogP contribution in [0.5, 0.6) is 0 Å². The summed E-state index contributed by atoms with van der Waals surface area (Å²) in [6.07, 6.45) is 0.660. The zero-order valence-corrected chi connectivity index (χ0v) is 18.8. The van der Waals surface area contributed by atoms with Crippen LogP contribution >= 0.6 is 0 Å². The van der Waals surface area contributed by atoms with Crippen LogP contribution in [0.4, 0.5) is 0 Å². The lowest BCUT2D eigenvalue weighted by Gasteiger charge is -2.37. The number of hydrogen-bond donors (Lipinski definition) is 3. The standard InChI is InChI=1S/C23H33N3O6/c1-4-14(2)18-19(32-23(18)30)21(28)25-12-8-11-17(26-20(27)15(3)24)22(29)31-13-16-9-6-5-7-10-16/h5-7,9-10,14-15,17-19H,4,8,11-13,24H2,1-3H3,(H,25,28)(H,26,27)/t14-,15-,17-,18-,19?/m0/s1. The van der Waals surface area contributed by atoms with Crippen molar-refractivity contribution >= 4 is 23.8 Å². The summed E-state index contributed by atoms with van der Waals surface area (Å²) in [5, 5.41) is 5.34. The van der Waals surface area contributed by atoms with Gasteiger partial charge in [0, 0.05) is 6.54 Å². The lowest BCUT2D eigenvalue weighted by Crippen LogP contribution is -2.56. The molecular formula is C23H33N3O6. The second kappa shape index (κ2) is 12.2. The molecule has 0 spiro atoms. The Balaban J connectivity index is 1.83. The zero-order chi connectivity index (χ0) is 23.7. The van der Waals surface area contributed by atoms with E-state index in [0.29, 0.717) is 6.42 Å². The first kappa shape index (κ1) is 25.3. The number of ether oxygens (including phenoxy) is 2. The van der Waals surface area contributed by atoms with E-state index in [2.05, 4.69) is 10.6 Å². The highest BCUT2D eigenvalue weighted by Gasteiger charge is 2.49. The summed E-state index contributed by atoms with van der Waals surface area (Å²) >= 11 is 0. The average Bonchev–Trinajstić information content (AvgIpc) is 2.77. The Morgan fingerprint density at radius 2 is 1.88 bits per heavy atom. The fourth-order valence-corrected chi connectivity index (χ4v) is 3.33. The van der Waals surface area contributed by atoms with E-state index in [0.717, 1.165) is 12.0 Å². The van der Waals surface area contributed by atoms with E-state index in [9.17, 15) is 19.2 Å². The van der Waals surface area contributed by atoms with Crippen molar-refractivity contribution in [1.82, 2.24) is 10.6 Å². The molecule has 5 atom stereocenters. The fraction of sp³-hybridized carbons (Fsp3) is 0.565. The maximum Gasteiger partial charge on any atom is 0.328 e. The number of nitrogens with two attached hydrogens (primary N) is 1. The van der Waals surface area contributed by atoms with Crippen molar-refractivity contribution in [3.8, 4) is 0 Å². The van der Waals surface area contributed by atoms with Gasteiger partial charge in [0.1, 0.15) is 18.6 Å². The Labute approximate surface area is 188 Å². The zero-order valence-electron chi connectivity index (χ0n) is 18.8. The quantitative estimate of drug-likeness (QED) is 0.322. The van der Waals surface area contributed by atoms with Crippen LogP contribution < -0.4 is 16.4 Å². The normalized spacial score (nSPS) is 20.2. The van der Waals surface area contributed by atoms with Crippen molar-refractivity contribution in [1.29, 1.82) is 0 Å². The Bertz CT molecular complexity index is 798. The van der Waals surface area contributed by atoms with Gasteiger partial charge in [0.15, 0.2) is 6.10 Å². The molecule has 1 aromatic carbocycles. The van der Waals surface area contributed by atoms with Crippen molar-refractivity contribution < 1.29 is 28.7 Å². The molecule has 0 aliphatic carbocycles. The van der Waals surface area contributed by atoms with Gasteiger partial charge in [-0.3, -0.25) is 14.4 Å². The molecule has 0 aromatic heterocycles. The molecule has 1 heterocycles. The molecule has 1 aliphatic heterocycles. The van der Waals surface area contributed by atoms with Crippen LogP contribution in [0, 0.1) is 11.8 Å². The summed E-state index contributed by atoms with van der Waals surface area (Å²) in [5.41, 5.74) is 6.43. The summed E-state index contributed by atoms with van der Waals surface area (Å²) < 4.78 is 10.3. The lowest BCUT2D eigenvalue weighted by molar-refractivity contribution is -0.193. The molecule has 9 nitrogen and oxygen atoms in total. The molecule has 4 N–H and O–H groups in total. The predicted molar refractivity (Wildman–Crippen MR) is 117 cm³/mol. The molecule has 0 bridgehead atoms. The Kier molecular flexibility index (Phi) is 9.64. The molecular weight excluding hydrogens is 414 g/mol. The summed E-state index contributed by atoms with van der Waals surface area (Å²) in [4.78, 5) is 48.5. The highest BCUT2D eigenvalue weighted by atomic mass is 16.6. The van der Waals surface area contributed by atoms with E-state index in [-0.39, 0.29) is 37.4 Å². The SMILES string of the molecule is CC[C@H](C)[C@@H]1C(=O)OC1C(=O)NCCC[C@H](NC(=O)[C@H](C)N)C(=O)OCc1ccccc1. The molecule has 0 radical (unpaired) electrons. The molecule has 9 heteroatoms. The van der Waals surface area contributed by atoms with E-state index in [1.165, 1.54) is 6.92 Å². The minimum absolute atomic E-state index is 0.0595. The monoisotopic (exact) mass is 447 g/mol. The van der Waals surface area contributed by atoms with Gasteiger partial charge in [-0.15, -0.1) is 0 Å². The molecule has 1 aromatic rings. The molecule has 32 heavy (non-hydrogen) atoms. The van der Waals surface area contributed by atoms with Crippen LogP contribution in [-0.2, 0) is 35.3 Å². The van der Waals surface area contributed by atoms with Crippen LogP contribution in [0.1, 0.15) is 45.6 Å². The van der Waals surface area contributed by atoms with Gasteiger partial charge < -0.3 is 25.8 Å². The maximum atomic E-state index is 12.5. The van der Waals surface area contributed by atoms with Gasteiger partial charge in [-0.2, -0.15) is 0 Å². The van der Waals surface area contributed by atoms with Crippen LogP contribution in [0.3, 0.4) is 0 Å². The van der Waals surface area contributed by atoms with Crippen molar-refractivity contribution in [2.45, 2.75) is 64.8 Å². The maximum absolute atomic E-state index is 12.5. The fourth-order valence-electron chi connectivity index (χ4n) is 3.33. The third-order valence-electron chi connectivity index (χ3n) is 5.56. The van der Waals surface area contributed by atoms with Gasteiger partial charge >= 0.3 is 11.9 Å². The van der Waals surface area contributed by atoms with Gasteiger partial charge in [-0.05, 0) is 31.2 Å². The predicted octanol–water partition coefficient (Wildman–Crippen LogP) is 1.05. The second-order valence-electron chi connectivity index (χ2n) is 8.15. The summed E-state index contributed by atoms with van der Waals surface area (Å²) in [7, 11) is 0. The summed E-state index contributed by atoms with van der Waals surface area (Å²) in [6.45, 7) is 5.74. The third kappa shape index (κ3) is 7.05. The van der Waals surface area contributed by atoms with Gasteiger partial charge in [0.2, 0.25) is 5.91 Å². The Morgan fingerprint density at radius 3 is 2.47 bits per heavy atom. The number of carbonyl (C=O) groups excluding carboxylic acids is 4. The minimum Gasteiger partial charge on any atom is -0.459 e. The van der Waals surface area contributed by atoms with Crippen LogP contribution in [0.25, 0.3) is 0 Å². The van der Waals surface area contributed by atoms with Crippen LogP contribution in [0.15, 0.2) is 30.3 Å². The molecule has 2 rings (SSSR count). The molecule has 1 unspecified atom stereocenters. The average molecular weight is 448 g/mol. The molecule has 1 fully saturated rings. The Morgan fingerprint density at radius 1 is 1.19 bits per heavy atom. The number of hydrogen-bond acceptors (Lipinski definition) is 7. The van der Waals surface area contributed by atoms with E-state index in [1.54, 1.807) is 0 Å². The van der Waals surface area contributed by atoms with E-state index >= 15 is 0 Å². The minimum atomic E-state index is -0.886. The number of amides is 2. The molecule has 176 valence electrons. The van der Waals surface area contributed by atoms with Gasteiger partial charge in [0.25, 0.3) is 5.91 Å². The number of rotatable bonds is 12. The van der Waals surface area contributed by atoms with Gasteiger partial charge in [-0.1, -0.05) is 50.6 Å². The molecule has 1 saturated heterocycles. The lowest BCUT2D eigenvalue weighted by atomic mass is 9.83. The smallest absolute Gasteiger partial charge is 0.328 e. The second-order valence-corrected chi connectivity index (χ2v) is 8.15. The third-order valence-corrected chi connectivity index (χ3v) is 5.56. The van der Waals surface area contributed by atoms with Gasteiger partial charge in [-0.25, -0.2) is 4.79 Å². The number of esters is 2. The first-order chi connectivity index (χ1) is 15.2. The molecule has 1 aliphatic rings. The van der Waals surface area contributed by atoms with E-state index in [1.807, 2.05) is 44.2 Å². The number of carbonyl (C=O) groups is 4.